The fourth-order valence-corrected chi connectivity index (χ4v) is 6.18. The zero-order chi connectivity index (χ0) is 20.6. The molecule has 2 saturated heterocycles. The first-order valence-corrected chi connectivity index (χ1v) is 12.4. The van der Waals surface area contributed by atoms with Gasteiger partial charge in [-0.2, -0.15) is 0 Å². The Morgan fingerprint density at radius 3 is 2.34 bits per heavy atom. The van der Waals surface area contributed by atoms with E-state index in [1.807, 2.05) is 11.0 Å². The smallest absolute Gasteiger partial charge is 0.256 e. The molecule has 1 aliphatic carbocycles. The summed E-state index contributed by atoms with van der Waals surface area (Å²) >= 11 is 0. The van der Waals surface area contributed by atoms with Gasteiger partial charge in [-0.05, 0) is 55.7 Å². The number of benzene rings is 1. The average molecular weight is 420 g/mol. The number of amides is 1. The van der Waals surface area contributed by atoms with Gasteiger partial charge < -0.3 is 9.80 Å². The second-order valence-electron chi connectivity index (χ2n) is 9.00. The number of sulfonamides is 1. The van der Waals surface area contributed by atoms with E-state index < -0.39 is 10.0 Å². The molecule has 0 aromatic heterocycles. The minimum atomic E-state index is -3.58. The lowest BCUT2D eigenvalue weighted by atomic mass is 9.75. The van der Waals surface area contributed by atoms with Crippen LogP contribution in [0.5, 0.6) is 0 Å². The number of anilines is 1. The lowest BCUT2D eigenvalue weighted by molar-refractivity contribution is 0.0521. The maximum Gasteiger partial charge on any atom is 0.256 e. The second-order valence-corrected chi connectivity index (χ2v) is 11.2. The van der Waals surface area contributed by atoms with Crippen LogP contribution in [0.4, 0.5) is 5.69 Å². The van der Waals surface area contributed by atoms with Crippen LogP contribution in [-0.4, -0.2) is 63.8 Å². The summed E-state index contributed by atoms with van der Waals surface area (Å²) < 4.78 is 26.6. The van der Waals surface area contributed by atoms with E-state index in [-0.39, 0.29) is 10.8 Å². The third-order valence-corrected chi connectivity index (χ3v) is 8.81. The molecule has 2 aliphatic heterocycles. The lowest BCUT2D eigenvalue weighted by Crippen LogP contribution is -2.45. The summed E-state index contributed by atoms with van der Waals surface area (Å²) in [4.78, 5) is 18.0. The number of hydrogen-bond donors (Lipinski definition) is 0. The van der Waals surface area contributed by atoms with Crippen LogP contribution in [0, 0.1) is 11.8 Å². The first kappa shape index (κ1) is 20.7. The van der Waals surface area contributed by atoms with E-state index in [0.29, 0.717) is 11.5 Å². The maximum absolute atomic E-state index is 13.6. The molecule has 29 heavy (non-hydrogen) atoms. The Labute approximate surface area is 174 Å². The van der Waals surface area contributed by atoms with Crippen LogP contribution in [0.15, 0.2) is 23.1 Å². The summed E-state index contributed by atoms with van der Waals surface area (Å²) in [5.41, 5.74) is 1.43. The van der Waals surface area contributed by atoms with Crippen molar-refractivity contribution in [2.24, 2.45) is 11.8 Å². The zero-order valence-electron chi connectivity index (χ0n) is 17.6. The van der Waals surface area contributed by atoms with Gasteiger partial charge >= 0.3 is 0 Å². The molecule has 0 spiro atoms. The quantitative estimate of drug-likeness (QED) is 0.752. The first-order chi connectivity index (χ1) is 13.9. The lowest BCUT2D eigenvalue weighted by Gasteiger charge is -2.41. The highest BCUT2D eigenvalue weighted by atomic mass is 32.2. The summed E-state index contributed by atoms with van der Waals surface area (Å²) in [5.74, 6) is 1.35. The third-order valence-electron chi connectivity index (χ3n) is 7.00. The molecule has 160 valence electrons. The van der Waals surface area contributed by atoms with Gasteiger partial charge in [-0.1, -0.05) is 19.3 Å². The highest BCUT2D eigenvalue weighted by Gasteiger charge is 2.35. The molecule has 1 saturated carbocycles. The Bertz CT molecular complexity index is 862. The fraction of sp³-hybridized carbons (Fsp3) is 0.682. The van der Waals surface area contributed by atoms with Crippen molar-refractivity contribution in [1.82, 2.24) is 9.21 Å². The van der Waals surface area contributed by atoms with Gasteiger partial charge in [0.2, 0.25) is 10.0 Å². The second kappa shape index (κ2) is 8.26. The first-order valence-electron chi connectivity index (χ1n) is 11.0. The number of likely N-dealkylation sites (tertiary alicyclic amines) is 1. The number of nitrogens with zero attached hydrogens (tertiary/aromatic N) is 3. The molecule has 1 aromatic rings. The molecule has 6 nitrogen and oxygen atoms in total. The molecule has 1 aromatic carbocycles. The Hall–Kier alpha value is -1.60. The SMILES string of the molecule is CN(C)S(=O)(=O)c1ccc(N2CCCC2)c(C(=O)N2CC[C@@H]3CCCC[C@H]3C2)c1. The molecular weight excluding hydrogens is 386 g/mol. The van der Waals surface area contributed by atoms with E-state index in [2.05, 4.69) is 4.90 Å². The molecule has 0 unspecified atom stereocenters. The highest BCUT2D eigenvalue weighted by Crippen LogP contribution is 2.37. The van der Waals surface area contributed by atoms with E-state index in [1.54, 1.807) is 12.1 Å². The Morgan fingerprint density at radius 1 is 0.966 bits per heavy atom. The molecule has 4 rings (SSSR count). The average Bonchev–Trinajstić information content (AvgIpc) is 3.27. The predicted molar refractivity (Wildman–Crippen MR) is 115 cm³/mol. The van der Waals surface area contributed by atoms with E-state index in [9.17, 15) is 13.2 Å². The largest absolute Gasteiger partial charge is 0.371 e. The summed E-state index contributed by atoms with van der Waals surface area (Å²) in [6, 6.07) is 5.09. The summed E-state index contributed by atoms with van der Waals surface area (Å²) in [6.07, 6.45) is 8.38. The molecule has 7 heteroatoms. The van der Waals surface area contributed by atoms with Crippen LogP contribution < -0.4 is 4.90 Å². The van der Waals surface area contributed by atoms with Crippen molar-refractivity contribution in [3.63, 3.8) is 0 Å². The molecule has 0 radical (unpaired) electrons. The van der Waals surface area contributed by atoms with Crippen molar-refractivity contribution in [1.29, 1.82) is 0 Å². The van der Waals surface area contributed by atoms with Crippen LogP contribution in [0.2, 0.25) is 0 Å². The van der Waals surface area contributed by atoms with Gasteiger partial charge in [-0.25, -0.2) is 12.7 Å². The van der Waals surface area contributed by atoms with Gasteiger partial charge in [0, 0.05) is 46.0 Å². The number of hydrogen-bond acceptors (Lipinski definition) is 4. The number of fused-ring (bicyclic) bond motifs is 1. The van der Waals surface area contributed by atoms with Gasteiger partial charge in [0.25, 0.3) is 5.91 Å². The molecule has 2 atom stereocenters. The van der Waals surface area contributed by atoms with Crippen molar-refractivity contribution in [2.75, 3.05) is 45.2 Å². The van der Waals surface area contributed by atoms with E-state index >= 15 is 0 Å². The Kier molecular flexibility index (Phi) is 5.89. The minimum Gasteiger partial charge on any atom is -0.371 e. The van der Waals surface area contributed by atoms with E-state index in [4.69, 9.17) is 0 Å². The number of rotatable bonds is 4. The topological polar surface area (TPSA) is 60.9 Å². The number of carbonyl (C=O) groups is 1. The van der Waals surface area contributed by atoms with Crippen LogP contribution >= 0.6 is 0 Å². The minimum absolute atomic E-state index is 0.00766. The number of carbonyl (C=O) groups excluding carboxylic acids is 1. The molecule has 3 aliphatic rings. The summed E-state index contributed by atoms with van der Waals surface area (Å²) in [7, 11) is -0.525. The van der Waals surface area contributed by atoms with Crippen molar-refractivity contribution < 1.29 is 13.2 Å². The normalized spacial score (nSPS) is 25.3. The van der Waals surface area contributed by atoms with Crippen LogP contribution in [0.25, 0.3) is 0 Å². The standard InChI is InChI=1S/C22H33N3O3S/c1-23(2)29(27,28)19-9-10-21(24-12-5-6-13-24)20(15-19)22(26)25-14-11-17-7-3-4-8-18(17)16-25/h9-10,15,17-18H,3-8,11-14,16H2,1-2H3/t17-,18-/m0/s1. The van der Waals surface area contributed by atoms with E-state index in [0.717, 1.165) is 57.0 Å². The molecule has 0 bridgehead atoms. The number of piperidine rings is 1. The van der Waals surface area contributed by atoms with Gasteiger partial charge in [-0.15, -0.1) is 0 Å². The van der Waals surface area contributed by atoms with Crippen LogP contribution in [0.3, 0.4) is 0 Å². The van der Waals surface area contributed by atoms with E-state index in [1.165, 1.54) is 44.1 Å². The van der Waals surface area contributed by atoms with Gasteiger partial charge in [0.1, 0.15) is 0 Å². The summed E-state index contributed by atoms with van der Waals surface area (Å²) in [6.45, 7) is 3.44. The highest BCUT2D eigenvalue weighted by molar-refractivity contribution is 7.89. The monoisotopic (exact) mass is 419 g/mol. The summed E-state index contributed by atoms with van der Waals surface area (Å²) in [5, 5.41) is 0. The van der Waals surface area contributed by atoms with Gasteiger partial charge in [0.15, 0.2) is 0 Å². The molecule has 3 fully saturated rings. The molecule has 1 amide bonds. The molecule has 0 N–H and O–H groups in total. The maximum atomic E-state index is 13.6. The van der Waals surface area contributed by atoms with Crippen molar-refractivity contribution in [3.05, 3.63) is 23.8 Å². The van der Waals surface area contributed by atoms with Crippen molar-refractivity contribution in [2.45, 2.75) is 49.8 Å². The zero-order valence-corrected chi connectivity index (χ0v) is 18.5. The van der Waals surface area contributed by atoms with Crippen molar-refractivity contribution >= 4 is 21.6 Å². The molecule has 2 heterocycles. The van der Waals surface area contributed by atoms with Crippen LogP contribution in [-0.2, 0) is 10.0 Å². The van der Waals surface area contributed by atoms with Gasteiger partial charge in [0.05, 0.1) is 10.5 Å². The van der Waals surface area contributed by atoms with Crippen molar-refractivity contribution in [3.8, 4) is 0 Å². The Balaban J connectivity index is 1.66. The van der Waals surface area contributed by atoms with Gasteiger partial charge in [-0.3, -0.25) is 4.79 Å². The molecular formula is C22H33N3O3S. The Morgan fingerprint density at radius 2 is 1.66 bits per heavy atom. The van der Waals surface area contributed by atoms with Crippen LogP contribution in [0.1, 0.15) is 55.3 Å². The third kappa shape index (κ3) is 4.04. The fourth-order valence-electron chi connectivity index (χ4n) is 5.25. The predicted octanol–water partition coefficient (Wildman–Crippen LogP) is 3.19.